The van der Waals surface area contributed by atoms with Crippen LogP contribution in [0, 0.1) is 0 Å². The molecule has 1 saturated heterocycles. The summed E-state index contributed by atoms with van der Waals surface area (Å²) in [6, 6.07) is 4.95. The predicted octanol–water partition coefficient (Wildman–Crippen LogP) is 2.61. The molecule has 1 aromatic carbocycles. The van der Waals surface area contributed by atoms with Gasteiger partial charge in [-0.15, -0.1) is 0 Å². The lowest BCUT2D eigenvalue weighted by Crippen LogP contribution is -2.47. The molecule has 17 heavy (non-hydrogen) atoms. The van der Waals surface area contributed by atoms with Gasteiger partial charge in [-0.05, 0) is 18.6 Å². The van der Waals surface area contributed by atoms with Crippen molar-refractivity contribution in [2.24, 2.45) is 5.73 Å². The Labute approximate surface area is 110 Å². The van der Waals surface area contributed by atoms with E-state index >= 15 is 0 Å². The van der Waals surface area contributed by atoms with Gasteiger partial charge in [0.15, 0.2) is 0 Å². The molecule has 2 unspecified atom stereocenters. The quantitative estimate of drug-likeness (QED) is 0.854. The maximum atomic E-state index is 11.7. The molecule has 5 heteroatoms. The number of hydrogen-bond acceptors (Lipinski definition) is 2. The second-order valence-corrected chi connectivity index (χ2v) is 5.10. The van der Waals surface area contributed by atoms with Crippen LogP contribution in [0.5, 0.6) is 0 Å². The molecular formula is C12H14Cl2N2O. The van der Waals surface area contributed by atoms with Crippen LogP contribution in [-0.4, -0.2) is 23.9 Å². The molecule has 2 N–H and O–H groups in total. The van der Waals surface area contributed by atoms with Crippen LogP contribution in [0.4, 0.5) is 0 Å². The number of nitrogens with two attached hydrogens (primary N) is 1. The maximum absolute atomic E-state index is 11.7. The number of likely N-dealkylation sites (tertiary alicyclic amines) is 1. The first-order valence-electron chi connectivity index (χ1n) is 5.47. The number of carbonyl (C=O) groups excluding carboxylic acids is 1. The van der Waals surface area contributed by atoms with Crippen molar-refractivity contribution < 1.29 is 4.79 Å². The number of benzene rings is 1. The number of hydrogen-bond donors (Lipinski definition) is 1. The van der Waals surface area contributed by atoms with E-state index in [9.17, 15) is 4.79 Å². The van der Waals surface area contributed by atoms with Gasteiger partial charge in [0, 0.05) is 35.1 Å². The highest BCUT2D eigenvalue weighted by molar-refractivity contribution is 6.36. The minimum absolute atomic E-state index is 0.0766. The van der Waals surface area contributed by atoms with Crippen LogP contribution in [-0.2, 0) is 4.79 Å². The summed E-state index contributed by atoms with van der Waals surface area (Å²) in [6.07, 6.45) is 1.14. The molecule has 1 fully saturated rings. The molecule has 2 atom stereocenters. The highest BCUT2D eigenvalue weighted by atomic mass is 35.5. The zero-order valence-electron chi connectivity index (χ0n) is 9.49. The molecule has 2 rings (SSSR count). The predicted molar refractivity (Wildman–Crippen MR) is 69.2 cm³/mol. The summed E-state index contributed by atoms with van der Waals surface area (Å²) in [5.74, 6) is 0.0766. The first-order chi connectivity index (χ1) is 8.02. The first kappa shape index (κ1) is 12.7. The Kier molecular flexibility index (Phi) is 3.61. The van der Waals surface area contributed by atoms with E-state index < -0.39 is 0 Å². The number of amides is 1. The molecule has 0 bridgehead atoms. The molecule has 1 aliphatic heterocycles. The van der Waals surface area contributed by atoms with Crippen LogP contribution in [0.3, 0.4) is 0 Å². The van der Waals surface area contributed by atoms with Gasteiger partial charge in [-0.2, -0.15) is 0 Å². The number of likely N-dealkylation sites (N-methyl/N-ethyl adjacent to an activating group) is 1. The molecule has 0 spiro atoms. The molecule has 0 aromatic heterocycles. The topological polar surface area (TPSA) is 46.3 Å². The lowest BCUT2D eigenvalue weighted by molar-refractivity contribution is -0.135. The summed E-state index contributed by atoms with van der Waals surface area (Å²) in [5.41, 5.74) is 6.84. The van der Waals surface area contributed by atoms with E-state index in [1.807, 2.05) is 0 Å². The lowest BCUT2D eigenvalue weighted by Gasteiger charge is -2.38. The molecule has 1 amide bonds. The average molecular weight is 273 g/mol. The number of piperidine rings is 1. The number of rotatable bonds is 1. The SMILES string of the molecule is CN1C(=O)CCC(N)C1c1c(Cl)cccc1Cl. The van der Waals surface area contributed by atoms with Gasteiger partial charge in [0.05, 0.1) is 6.04 Å². The van der Waals surface area contributed by atoms with Crippen LogP contribution in [0.1, 0.15) is 24.4 Å². The Bertz CT molecular complexity index is 430. The summed E-state index contributed by atoms with van der Waals surface area (Å²) >= 11 is 12.3. The molecule has 92 valence electrons. The van der Waals surface area contributed by atoms with Crippen molar-refractivity contribution in [3.63, 3.8) is 0 Å². The van der Waals surface area contributed by atoms with Crippen molar-refractivity contribution in [2.75, 3.05) is 7.05 Å². The molecule has 1 aliphatic rings. The molecule has 0 radical (unpaired) electrons. The minimum atomic E-state index is -0.238. The van der Waals surface area contributed by atoms with Crippen molar-refractivity contribution in [3.05, 3.63) is 33.8 Å². The fourth-order valence-electron chi connectivity index (χ4n) is 2.27. The minimum Gasteiger partial charge on any atom is -0.337 e. The molecule has 1 heterocycles. The van der Waals surface area contributed by atoms with Gasteiger partial charge in [-0.1, -0.05) is 29.3 Å². The van der Waals surface area contributed by atoms with Crippen LogP contribution in [0.2, 0.25) is 10.0 Å². The third kappa shape index (κ3) is 2.28. The highest BCUT2D eigenvalue weighted by Gasteiger charge is 2.34. The van der Waals surface area contributed by atoms with Crippen molar-refractivity contribution in [3.8, 4) is 0 Å². The van der Waals surface area contributed by atoms with Gasteiger partial charge in [0.25, 0.3) is 0 Å². The average Bonchev–Trinajstić information content (AvgIpc) is 2.28. The third-order valence-corrected chi connectivity index (χ3v) is 3.86. The lowest BCUT2D eigenvalue weighted by atomic mass is 9.91. The van der Waals surface area contributed by atoms with E-state index in [0.717, 1.165) is 5.56 Å². The van der Waals surface area contributed by atoms with Crippen LogP contribution in [0.15, 0.2) is 18.2 Å². The zero-order chi connectivity index (χ0) is 12.6. The molecule has 0 aliphatic carbocycles. The van der Waals surface area contributed by atoms with E-state index in [2.05, 4.69) is 0 Å². The maximum Gasteiger partial charge on any atom is 0.222 e. The van der Waals surface area contributed by atoms with E-state index in [-0.39, 0.29) is 18.0 Å². The van der Waals surface area contributed by atoms with Gasteiger partial charge in [-0.3, -0.25) is 4.79 Å². The largest absolute Gasteiger partial charge is 0.337 e. The van der Waals surface area contributed by atoms with Gasteiger partial charge in [-0.25, -0.2) is 0 Å². The Balaban J connectivity index is 2.46. The number of carbonyl (C=O) groups is 1. The van der Waals surface area contributed by atoms with Gasteiger partial charge >= 0.3 is 0 Å². The van der Waals surface area contributed by atoms with Crippen molar-refractivity contribution >= 4 is 29.1 Å². The number of halogens is 2. The zero-order valence-corrected chi connectivity index (χ0v) is 11.0. The second kappa shape index (κ2) is 4.84. The Morgan fingerprint density at radius 3 is 2.53 bits per heavy atom. The molecule has 0 saturated carbocycles. The Morgan fingerprint density at radius 2 is 1.94 bits per heavy atom. The standard InChI is InChI=1S/C12H14Cl2N2O/c1-16-10(17)6-5-9(15)12(16)11-7(13)3-2-4-8(11)14/h2-4,9,12H,5-6,15H2,1H3. The van der Waals surface area contributed by atoms with Gasteiger partial charge in [0.1, 0.15) is 0 Å². The Morgan fingerprint density at radius 1 is 1.35 bits per heavy atom. The summed E-state index contributed by atoms with van der Waals surface area (Å²) in [6.45, 7) is 0. The fourth-order valence-corrected chi connectivity index (χ4v) is 2.89. The summed E-state index contributed by atoms with van der Waals surface area (Å²) < 4.78 is 0. The van der Waals surface area contributed by atoms with Crippen LogP contribution < -0.4 is 5.73 Å². The van der Waals surface area contributed by atoms with Crippen molar-refractivity contribution in [1.82, 2.24) is 4.90 Å². The van der Waals surface area contributed by atoms with Crippen molar-refractivity contribution in [1.29, 1.82) is 0 Å². The molecule has 3 nitrogen and oxygen atoms in total. The van der Waals surface area contributed by atoms with Gasteiger partial charge in [0.2, 0.25) is 5.91 Å². The second-order valence-electron chi connectivity index (χ2n) is 4.29. The van der Waals surface area contributed by atoms with Crippen LogP contribution in [0.25, 0.3) is 0 Å². The normalized spacial score (nSPS) is 25.2. The number of nitrogens with zero attached hydrogens (tertiary/aromatic N) is 1. The van der Waals surface area contributed by atoms with E-state index in [1.165, 1.54) is 0 Å². The highest BCUT2D eigenvalue weighted by Crippen LogP contribution is 2.37. The summed E-state index contributed by atoms with van der Waals surface area (Å²) in [4.78, 5) is 13.4. The van der Waals surface area contributed by atoms with Crippen LogP contribution >= 0.6 is 23.2 Å². The van der Waals surface area contributed by atoms with Gasteiger partial charge < -0.3 is 10.6 Å². The first-order valence-corrected chi connectivity index (χ1v) is 6.23. The molecule has 1 aromatic rings. The van der Waals surface area contributed by atoms with E-state index in [4.69, 9.17) is 28.9 Å². The third-order valence-electron chi connectivity index (χ3n) is 3.20. The summed E-state index contributed by atoms with van der Waals surface area (Å²) in [7, 11) is 1.74. The molecular weight excluding hydrogens is 259 g/mol. The fraction of sp³-hybridized carbons (Fsp3) is 0.417. The smallest absolute Gasteiger partial charge is 0.222 e. The van der Waals surface area contributed by atoms with E-state index in [1.54, 1.807) is 30.1 Å². The summed E-state index contributed by atoms with van der Waals surface area (Å²) in [5, 5.41) is 1.11. The monoisotopic (exact) mass is 272 g/mol. The van der Waals surface area contributed by atoms with E-state index in [0.29, 0.717) is 22.9 Å². The Hall–Kier alpha value is -0.770. The van der Waals surface area contributed by atoms with Crippen molar-refractivity contribution in [2.45, 2.75) is 24.9 Å².